The molecule has 0 saturated carbocycles. The molecule has 0 aliphatic carbocycles. The zero-order valence-electron chi connectivity index (χ0n) is 11.5. The molecule has 0 saturated heterocycles. The largest absolute Gasteiger partial charge is 0.480 e. The Morgan fingerprint density at radius 1 is 1.53 bits per heavy atom. The second-order valence-electron chi connectivity index (χ2n) is 4.55. The van der Waals surface area contributed by atoms with Gasteiger partial charge in [0.1, 0.15) is 5.69 Å². The number of rotatable bonds is 6. The van der Waals surface area contributed by atoms with Gasteiger partial charge >= 0.3 is 5.97 Å². The van der Waals surface area contributed by atoms with Crippen LogP contribution < -0.4 is 5.32 Å². The standard InChI is InChI=1S/C12H19N3O4/c1-7(2)8-5-10(15(3)14-8)11(16)13-9(6-19-4)12(17)18/h5,7,9H,6H2,1-4H3,(H,13,16)(H,17,18). The van der Waals surface area contributed by atoms with Crippen LogP contribution in [0.2, 0.25) is 0 Å². The SMILES string of the molecule is COCC(NC(=O)c1cc(C(C)C)nn1C)C(=O)O. The molecule has 1 amide bonds. The molecule has 1 rings (SSSR count). The Kier molecular flexibility index (Phi) is 5.05. The first-order valence-corrected chi connectivity index (χ1v) is 5.93. The van der Waals surface area contributed by atoms with E-state index in [1.807, 2.05) is 13.8 Å². The van der Waals surface area contributed by atoms with E-state index in [1.165, 1.54) is 11.8 Å². The van der Waals surface area contributed by atoms with E-state index in [4.69, 9.17) is 9.84 Å². The Morgan fingerprint density at radius 3 is 2.58 bits per heavy atom. The number of hydrogen-bond donors (Lipinski definition) is 2. The van der Waals surface area contributed by atoms with Crippen LogP contribution in [0, 0.1) is 0 Å². The number of nitrogens with one attached hydrogen (secondary N) is 1. The van der Waals surface area contributed by atoms with Crippen molar-refractivity contribution in [3.63, 3.8) is 0 Å². The molecule has 2 N–H and O–H groups in total. The maximum Gasteiger partial charge on any atom is 0.328 e. The van der Waals surface area contributed by atoms with Gasteiger partial charge in [-0.2, -0.15) is 5.10 Å². The topological polar surface area (TPSA) is 93.5 Å². The van der Waals surface area contributed by atoms with E-state index in [9.17, 15) is 9.59 Å². The minimum absolute atomic E-state index is 0.0873. The predicted molar refractivity (Wildman–Crippen MR) is 68.1 cm³/mol. The molecule has 1 unspecified atom stereocenters. The molecule has 0 aliphatic heterocycles. The van der Waals surface area contributed by atoms with Gasteiger partial charge in [-0.05, 0) is 12.0 Å². The minimum atomic E-state index is -1.14. The van der Waals surface area contributed by atoms with Crippen molar-refractivity contribution < 1.29 is 19.4 Å². The number of nitrogens with zero attached hydrogens (tertiary/aromatic N) is 2. The lowest BCUT2D eigenvalue weighted by atomic mass is 10.1. The van der Waals surface area contributed by atoms with Crippen LogP contribution in [-0.4, -0.2) is 46.5 Å². The number of hydrogen-bond acceptors (Lipinski definition) is 4. The number of aromatic nitrogens is 2. The highest BCUT2D eigenvalue weighted by atomic mass is 16.5. The number of amides is 1. The first kappa shape index (κ1) is 15.2. The number of aliphatic carboxylic acids is 1. The molecule has 1 aromatic heterocycles. The molecule has 7 heteroatoms. The van der Waals surface area contributed by atoms with Crippen molar-refractivity contribution in [3.8, 4) is 0 Å². The average molecular weight is 269 g/mol. The van der Waals surface area contributed by atoms with Crippen LogP contribution in [0.4, 0.5) is 0 Å². The normalized spacial score (nSPS) is 12.5. The minimum Gasteiger partial charge on any atom is -0.480 e. The van der Waals surface area contributed by atoms with Crippen molar-refractivity contribution in [3.05, 3.63) is 17.5 Å². The smallest absolute Gasteiger partial charge is 0.328 e. The summed E-state index contributed by atoms with van der Waals surface area (Å²) >= 11 is 0. The molecule has 1 aromatic rings. The van der Waals surface area contributed by atoms with Crippen LogP contribution in [0.25, 0.3) is 0 Å². The van der Waals surface area contributed by atoms with Crippen molar-refractivity contribution in [2.24, 2.45) is 7.05 Å². The van der Waals surface area contributed by atoms with E-state index < -0.39 is 17.9 Å². The van der Waals surface area contributed by atoms with E-state index in [0.717, 1.165) is 5.69 Å². The van der Waals surface area contributed by atoms with E-state index in [2.05, 4.69) is 10.4 Å². The van der Waals surface area contributed by atoms with Crippen molar-refractivity contribution >= 4 is 11.9 Å². The van der Waals surface area contributed by atoms with Crippen LogP contribution in [0.5, 0.6) is 0 Å². The summed E-state index contributed by atoms with van der Waals surface area (Å²) in [5, 5.41) is 15.6. The fourth-order valence-electron chi connectivity index (χ4n) is 1.56. The molecule has 7 nitrogen and oxygen atoms in total. The highest BCUT2D eigenvalue weighted by Crippen LogP contribution is 2.13. The lowest BCUT2D eigenvalue weighted by Gasteiger charge is -2.13. The number of aryl methyl sites for hydroxylation is 1. The zero-order chi connectivity index (χ0) is 14.6. The second-order valence-corrected chi connectivity index (χ2v) is 4.55. The quantitative estimate of drug-likeness (QED) is 0.778. The van der Waals surface area contributed by atoms with Crippen LogP contribution >= 0.6 is 0 Å². The predicted octanol–water partition coefficient (Wildman–Crippen LogP) is 0.373. The molecule has 19 heavy (non-hydrogen) atoms. The summed E-state index contributed by atoms with van der Waals surface area (Å²) in [6.07, 6.45) is 0. The zero-order valence-corrected chi connectivity index (χ0v) is 11.5. The number of ether oxygens (including phenoxy) is 1. The summed E-state index contributed by atoms with van der Waals surface area (Å²) in [5.41, 5.74) is 1.11. The fraction of sp³-hybridized carbons (Fsp3) is 0.583. The number of carboxylic acid groups (broad SMARTS) is 1. The maximum absolute atomic E-state index is 12.0. The molecular weight excluding hydrogens is 250 g/mol. The van der Waals surface area contributed by atoms with E-state index in [1.54, 1.807) is 13.1 Å². The van der Waals surface area contributed by atoms with Gasteiger partial charge in [0, 0.05) is 14.2 Å². The number of carbonyl (C=O) groups is 2. The van der Waals surface area contributed by atoms with E-state index >= 15 is 0 Å². The van der Waals surface area contributed by atoms with Gasteiger partial charge in [-0.15, -0.1) is 0 Å². The van der Waals surface area contributed by atoms with Crippen LogP contribution in [0.1, 0.15) is 35.9 Å². The first-order chi connectivity index (χ1) is 8.86. The van der Waals surface area contributed by atoms with Crippen LogP contribution in [0.15, 0.2) is 6.07 Å². The molecule has 0 aliphatic rings. The first-order valence-electron chi connectivity index (χ1n) is 5.93. The van der Waals surface area contributed by atoms with Gasteiger partial charge in [-0.25, -0.2) is 4.79 Å². The summed E-state index contributed by atoms with van der Waals surface area (Å²) in [5.74, 6) is -1.42. The van der Waals surface area contributed by atoms with E-state index in [0.29, 0.717) is 5.69 Å². The van der Waals surface area contributed by atoms with Gasteiger partial charge < -0.3 is 15.2 Å². The van der Waals surface area contributed by atoms with Crippen LogP contribution in [0.3, 0.4) is 0 Å². The molecule has 0 spiro atoms. The monoisotopic (exact) mass is 269 g/mol. The third kappa shape index (κ3) is 3.78. The number of carboxylic acids is 1. The highest BCUT2D eigenvalue weighted by Gasteiger charge is 2.23. The van der Waals surface area contributed by atoms with Gasteiger partial charge in [0.2, 0.25) is 0 Å². The van der Waals surface area contributed by atoms with Gasteiger partial charge in [0.05, 0.1) is 12.3 Å². The fourth-order valence-corrected chi connectivity index (χ4v) is 1.56. The van der Waals surface area contributed by atoms with Crippen molar-refractivity contribution in [2.45, 2.75) is 25.8 Å². The van der Waals surface area contributed by atoms with Gasteiger partial charge in [0.25, 0.3) is 5.91 Å². The van der Waals surface area contributed by atoms with Crippen molar-refractivity contribution in [1.82, 2.24) is 15.1 Å². The maximum atomic E-state index is 12.0. The van der Waals surface area contributed by atoms with Gasteiger partial charge in [0.15, 0.2) is 6.04 Å². The molecule has 1 atom stereocenters. The van der Waals surface area contributed by atoms with Gasteiger partial charge in [-0.1, -0.05) is 13.8 Å². The van der Waals surface area contributed by atoms with Crippen LogP contribution in [-0.2, 0) is 16.6 Å². The number of carbonyl (C=O) groups excluding carboxylic acids is 1. The van der Waals surface area contributed by atoms with Gasteiger partial charge in [-0.3, -0.25) is 9.48 Å². The van der Waals surface area contributed by atoms with Crippen molar-refractivity contribution in [1.29, 1.82) is 0 Å². The molecule has 0 aromatic carbocycles. The Labute approximate surface area is 111 Å². The third-order valence-electron chi connectivity index (χ3n) is 2.66. The molecule has 106 valence electrons. The average Bonchev–Trinajstić information content (AvgIpc) is 2.70. The molecular formula is C12H19N3O4. The second kappa shape index (κ2) is 6.33. The van der Waals surface area contributed by atoms with E-state index in [-0.39, 0.29) is 12.5 Å². The third-order valence-corrected chi connectivity index (χ3v) is 2.66. The summed E-state index contributed by atoms with van der Waals surface area (Å²) < 4.78 is 6.20. The molecule has 0 bridgehead atoms. The Hall–Kier alpha value is -1.89. The van der Waals surface area contributed by atoms with Crippen molar-refractivity contribution in [2.75, 3.05) is 13.7 Å². The summed E-state index contributed by atoms with van der Waals surface area (Å²) in [7, 11) is 3.02. The molecule has 1 heterocycles. The molecule has 0 fully saturated rings. The Balaban J connectivity index is 2.85. The summed E-state index contributed by atoms with van der Waals surface area (Å²) in [4.78, 5) is 22.9. The lowest BCUT2D eigenvalue weighted by Crippen LogP contribution is -2.44. The number of methoxy groups -OCH3 is 1. The molecule has 0 radical (unpaired) electrons. The summed E-state index contributed by atoms with van der Waals surface area (Å²) in [6, 6.07) is 0.584. The summed E-state index contributed by atoms with van der Waals surface area (Å²) in [6.45, 7) is 3.85. The Morgan fingerprint density at radius 2 is 2.16 bits per heavy atom. The Bertz CT molecular complexity index is 468. The lowest BCUT2D eigenvalue weighted by molar-refractivity contribution is -0.140. The highest BCUT2D eigenvalue weighted by molar-refractivity contribution is 5.95.